The third-order valence-corrected chi connectivity index (χ3v) is 4.53. The average Bonchev–Trinajstić information content (AvgIpc) is 2.82. The molecule has 0 radical (unpaired) electrons. The van der Waals surface area contributed by atoms with E-state index in [1.807, 2.05) is 22.8 Å². The molecule has 1 aromatic heterocycles. The van der Waals surface area contributed by atoms with Crippen LogP contribution in [0.25, 0.3) is 11.0 Å². The number of carbonyl (C=O) groups is 1. The number of ether oxygens (including phenoxy) is 1. The molecule has 1 aromatic carbocycles. The van der Waals surface area contributed by atoms with Gasteiger partial charge < -0.3 is 14.6 Å². The quantitative estimate of drug-likeness (QED) is 0.887. The van der Waals surface area contributed by atoms with E-state index in [2.05, 4.69) is 20.9 Å². The molecule has 2 heterocycles. The first-order valence-corrected chi connectivity index (χ1v) is 8.21. The number of aromatic nitrogens is 2. The minimum absolute atomic E-state index is 0.0947. The SMILES string of the molecule is CCOC(=O)N1CCC(n2c(=O)[nH]c3cc(Br)ccc32)CC1. The molecule has 22 heavy (non-hydrogen) atoms. The molecule has 0 bridgehead atoms. The molecular formula is C15H18BrN3O3. The van der Waals surface area contributed by atoms with Crippen molar-refractivity contribution in [1.82, 2.24) is 14.5 Å². The van der Waals surface area contributed by atoms with Crippen LogP contribution in [0.4, 0.5) is 4.79 Å². The Labute approximate surface area is 136 Å². The maximum absolute atomic E-state index is 12.3. The van der Waals surface area contributed by atoms with Gasteiger partial charge in [-0.1, -0.05) is 15.9 Å². The smallest absolute Gasteiger partial charge is 0.409 e. The Morgan fingerprint density at radius 3 is 2.82 bits per heavy atom. The molecule has 1 N–H and O–H groups in total. The van der Waals surface area contributed by atoms with Crippen LogP contribution >= 0.6 is 15.9 Å². The zero-order valence-electron chi connectivity index (χ0n) is 12.3. The van der Waals surface area contributed by atoms with E-state index in [4.69, 9.17) is 4.74 Å². The maximum atomic E-state index is 12.3. The van der Waals surface area contributed by atoms with E-state index in [0.29, 0.717) is 19.7 Å². The summed E-state index contributed by atoms with van der Waals surface area (Å²) in [7, 11) is 0. The zero-order valence-corrected chi connectivity index (χ0v) is 13.9. The monoisotopic (exact) mass is 367 g/mol. The predicted molar refractivity (Wildman–Crippen MR) is 87.1 cm³/mol. The predicted octanol–water partition coefficient (Wildman–Crippen LogP) is 2.89. The molecule has 1 fully saturated rings. The van der Waals surface area contributed by atoms with Gasteiger partial charge in [-0.3, -0.25) is 4.57 Å². The summed E-state index contributed by atoms with van der Waals surface area (Å²) < 4.78 is 7.77. The number of carbonyl (C=O) groups excluding carboxylic acids is 1. The number of hydrogen-bond donors (Lipinski definition) is 1. The van der Waals surface area contributed by atoms with Gasteiger partial charge in [0.05, 0.1) is 17.6 Å². The number of benzene rings is 1. The zero-order chi connectivity index (χ0) is 15.7. The van der Waals surface area contributed by atoms with Gasteiger partial charge in [-0.05, 0) is 38.0 Å². The fraction of sp³-hybridized carbons (Fsp3) is 0.467. The van der Waals surface area contributed by atoms with Gasteiger partial charge in [0.25, 0.3) is 0 Å². The lowest BCUT2D eigenvalue weighted by Gasteiger charge is -2.31. The van der Waals surface area contributed by atoms with Crippen LogP contribution in [-0.4, -0.2) is 40.2 Å². The van der Waals surface area contributed by atoms with Crippen LogP contribution < -0.4 is 5.69 Å². The summed E-state index contributed by atoms with van der Waals surface area (Å²) in [4.78, 5) is 28.6. The Bertz CT molecular complexity index is 744. The normalized spacial score (nSPS) is 16.2. The van der Waals surface area contributed by atoms with E-state index in [1.165, 1.54) is 0 Å². The van der Waals surface area contributed by atoms with E-state index in [-0.39, 0.29) is 17.8 Å². The van der Waals surface area contributed by atoms with E-state index >= 15 is 0 Å². The summed E-state index contributed by atoms with van der Waals surface area (Å²) in [5.41, 5.74) is 1.64. The number of halogens is 1. The van der Waals surface area contributed by atoms with E-state index in [1.54, 1.807) is 11.8 Å². The van der Waals surface area contributed by atoms with Crippen molar-refractivity contribution >= 4 is 33.1 Å². The van der Waals surface area contributed by atoms with Crippen molar-refractivity contribution in [3.63, 3.8) is 0 Å². The summed E-state index contributed by atoms with van der Waals surface area (Å²) in [5.74, 6) is 0. The number of imidazole rings is 1. The largest absolute Gasteiger partial charge is 0.450 e. The highest BCUT2D eigenvalue weighted by molar-refractivity contribution is 9.10. The lowest BCUT2D eigenvalue weighted by atomic mass is 10.0. The highest BCUT2D eigenvalue weighted by Gasteiger charge is 2.26. The molecule has 1 saturated heterocycles. The van der Waals surface area contributed by atoms with Gasteiger partial charge in [-0.2, -0.15) is 0 Å². The number of nitrogens with one attached hydrogen (secondary N) is 1. The molecule has 1 aliphatic heterocycles. The van der Waals surface area contributed by atoms with Gasteiger partial charge in [0.2, 0.25) is 0 Å². The molecule has 1 aliphatic rings. The summed E-state index contributed by atoms with van der Waals surface area (Å²) in [6.45, 7) is 3.40. The van der Waals surface area contributed by atoms with Crippen LogP contribution in [0, 0.1) is 0 Å². The molecular weight excluding hydrogens is 350 g/mol. The minimum atomic E-state index is -0.267. The fourth-order valence-corrected chi connectivity index (χ4v) is 3.35. The van der Waals surface area contributed by atoms with Crippen LogP contribution in [0.5, 0.6) is 0 Å². The first kappa shape index (κ1) is 15.1. The lowest BCUT2D eigenvalue weighted by molar-refractivity contribution is 0.0928. The van der Waals surface area contributed by atoms with E-state index < -0.39 is 0 Å². The summed E-state index contributed by atoms with van der Waals surface area (Å²) in [6, 6.07) is 5.88. The third kappa shape index (κ3) is 2.77. The summed E-state index contributed by atoms with van der Waals surface area (Å²) in [6.07, 6.45) is 1.24. The number of piperidine rings is 1. The second-order valence-electron chi connectivity index (χ2n) is 5.38. The third-order valence-electron chi connectivity index (χ3n) is 4.03. The van der Waals surface area contributed by atoms with Gasteiger partial charge in [-0.25, -0.2) is 9.59 Å². The van der Waals surface area contributed by atoms with Crippen molar-refractivity contribution in [2.75, 3.05) is 19.7 Å². The Morgan fingerprint density at radius 2 is 2.14 bits per heavy atom. The highest BCUT2D eigenvalue weighted by Crippen LogP contribution is 2.26. The van der Waals surface area contributed by atoms with Crippen molar-refractivity contribution in [3.05, 3.63) is 33.2 Å². The van der Waals surface area contributed by atoms with Crippen molar-refractivity contribution in [3.8, 4) is 0 Å². The second-order valence-corrected chi connectivity index (χ2v) is 6.29. The number of aromatic amines is 1. The minimum Gasteiger partial charge on any atom is -0.450 e. The Morgan fingerprint density at radius 1 is 1.41 bits per heavy atom. The van der Waals surface area contributed by atoms with Crippen molar-refractivity contribution in [1.29, 1.82) is 0 Å². The molecule has 3 rings (SSSR count). The summed E-state index contributed by atoms with van der Waals surface area (Å²) in [5, 5.41) is 0. The number of H-pyrrole nitrogens is 1. The number of fused-ring (bicyclic) bond motifs is 1. The number of hydrogen-bond acceptors (Lipinski definition) is 3. The Kier molecular flexibility index (Phi) is 4.24. The highest BCUT2D eigenvalue weighted by atomic mass is 79.9. The number of nitrogens with zero attached hydrogens (tertiary/aromatic N) is 2. The topological polar surface area (TPSA) is 67.3 Å². The number of amides is 1. The Hall–Kier alpha value is -1.76. The molecule has 1 amide bonds. The number of likely N-dealkylation sites (tertiary alicyclic amines) is 1. The lowest BCUT2D eigenvalue weighted by Crippen LogP contribution is -2.40. The molecule has 7 heteroatoms. The molecule has 118 valence electrons. The molecule has 2 aromatic rings. The maximum Gasteiger partial charge on any atom is 0.409 e. The van der Waals surface area contributed by atoms with Crippen LogP contribution in [0.3, 0.4) is 0 Å². The molecule has 6 nitrogen and oxygen atoms in total. The van der Waals surface area contributed by atoms with Crippen LogP contribution in [0.15, 0.2) is 27.5 Å². The van der Waals surface area contributed by atoms with E-state index in [0.717, 1.165) is 28.3 Å². The van der Waals surface area contributed by atoms with E-state index in [9.17, 15) is 9.59 Å². The average molecular weight is 368 g/mol. The van der Waals surface area contributed by atoms with Gasteiger partial charge in [0.1, 0.15) is 0 Å². The van der Waals surface area contributed by atoms with Crippen LogP contribution in [0.2, 0.25) is 0 Å². The van der Waals surface area contributed by atoms with Gasteiger partial charge >= 0.3 is 11.8 Å². The van der Waals surface area contributed by atoms with Crippen LogP contribution in [0.1, 0.15) is 25.8 Å². The standard InChI is InChI=1S/C15H18BrN3O3/c1-2-22-15(21)18-7-5-11(6-8-18)19-13-4-3-10(16)9-12(13)17-14(19)20/h3-4,9,11H,2,5-8H2,1H3,(H,17,20). The van der Waals surface area contributed by atoms with Crippen molar-refractivity contribution in [2.45, 2.75) is 25.8 Å². The van der Waals surface area contributed by atoms with Crippen LogP contribution in [-0.2, 0) is 4.74 Å². The van der Waals surface area contributed by atoms with Gasteiger partial charge in [-0.15, -0.1) is 0 Å². The Balaban J connectivity index is 1.81. The van der Waals surface area contributed by atoms with Crippen molar-refractivity contribution < 1.29 is 9.53 Å². The first-order chi connectivity index (χ1) is 10.6. The molecule has 0 atom stereocenters. The number of rotatable bonds is 2. The molecule has 0 unspecified atom stereocenters. The fourth-order valence-electron chi connectivity index (χ4n) is 2.99. The summed E-state index contributed by atoms with van der Waals surface area (Å²) >= 11 is 3.41. The van der Waals surface area contributed by atoms with Gasteiger partial charge in [0, 0.05) is 23.6 Å². The first-order valence-electron chi connectivity index (χ1n) is 7.41. The molecule has 0 spiro atoms. The van der Waals surface area contributed by atoms with Gasteiger partial charge in [0.15, 0.2) is 0 Å². The van der Waals surface area contributed by atoms with Crippen molar-refractivity contribution in [2.24, 2.45) is 0 Å². The molecule has 0 aliphatic carbocycles. The second kappa shape index (κ2) is 6.16. The molecule has 0 saturated carbocycles.